The van der Waals surface area contributed by atoms with Crippen LogP contribution in [0.4, 0.5) is 0 Å². The van der Waals surface area contributed by atoms with Gasteiger partial charge in [-0.2, -0.15) is 10.2 Å². The molecule has 0 unspecified atom stereocenters. The molecule has 3 rings (SSSR count). The number of aromatic nitrogens is 2. The quantitative estimate of drug-likeness (QED) is 0.791. The molecule has 1 aromatic carbocycles. The fourth-order valence-electron chi connectivity index (χ4n) is 2.92. The number of thioether (sulfide) groups is 1. The number of piperidine rings is 1. The van der Waals surface area contributed by atoms with Gasteiger partial charge in [0.25, 0.3) is 5.91 Å². The van der Waals surface area contributed by atoms with Crippen molar-refractivity contribution in [2.45, 2.75) is 23.7 Å². The van der Waals surface area contributed by atoms with Gasteiger partial charge in [-0.1, -0.05) is 11.6 Å². The molecule has 0 saturated carbocycles. The molecule has 0 bridgehead atoms. The number of rotatable bonds is 3. The normalized spacial score (nSPS) is 15.7. The Bertz CT molecular complexity index is 687. The summed E-state index contributed by atoms with van der Waals surface area (Å²) < 4.78 is 0. The van der Waals surface area contributed by atoms with Gasteiger partial charge in [0, 0.05) is 24.2 Å². The lowest BCUT2D eigenvalue weighted by molar-refractivity contribution is 0.0713. The minimum atomic E-state index is 0.0252. The molecule has 0 spiro atoms. The molecule has 2 aromatic rings. The van der Waals surface area contributed by atoms with Crippen molar-refractivity contribution >= 4 is 29.3 Å². The molecule has 1 aliphatic heterocycles. The van der Waals surface area contributed by atoms with Gasteiger partial charge in [0.05, 0.1) is 16.8 Å². The van der Waals surface area contributed by atoms with Gasteiger partial charge in [-0.3, -0.25) is 4.79 Å². The number of hydrogen-bond donors (Lipinski definition) is 0. The van der Waals surface area contributed by atoms with E-state index in [1.54, 1.807) is 24.0 Å². The van der Waals surface area contributed by atoms with Crippen molar-refractivity contribution in [1.29, 1.82) is 0 Å². The highest BCUT2D eigenvalue weighted by molar-refractivity contribution is 7.98. The number of halogens is 1. The van der Waals surface area contributed by atoms with E-state index in [4.69, 9.17) is 11.6 Å². The highest BCUT2D eigenvalue weighted by Crippen LogP contribution is 2.29. The van der Waals surface area contributed by atoms with E-state index < -0.39 is 0 Å². The second-order valence-corrected chi connectivity index (χ2v) is 6.87. The first-order valence-corrected chi connectivity index (χ1v) is 9.18. The van der Waals surface area contributed by atoms with E-state index in [2.05, 4.69) is 10.2 Å². The molecular formula is C17H18ClN3OS. The van der Waals surface area contributed by atoms with Crippen LogP contribution in [0.3, 0.4) is 0 Å². The zero-order valence-electron chi connectivity index (χ0n) is 12.9. The molecule has 0 N–H and O–H groups in total. The Morgan fingerprint density at radius 2 is 2.04 bits per heavy atom. The van der Waals surface area contributed by atoms with Crippen LogP contribution in [-0.2, 0) is 0 Å². The fourth-order valence-corrected chi connectivity index (χ4v) is 3.56. The summed E-state index contributed by atoms with van der Waals surface area (Å²) in [6.07, 6.45) is 7.42. The Morgan fingerprint density at radius 3 is 2.70 bits per heavy atom. The molecule has 2 heterocycles. The van der Waals surface area contributed by atoms with Crippen LogP contribution in [0.25, 0.3) is 0 Å². The average Bonchev–Trinajstić information content (AvgIpc) is 2.62. The van der Waals surface area contributed by atoms with Crippen LogP contribution in [0.15, 0.2) is 41.6 Å². The Kier molecular flexibility index (Phi) is 5.18. The van der Waals surface area contributed by atoms with Gasteiger partial charge < -0.3 is 4.90 Å². The SMILES string of the molecule is CSc1ccc(Cl)c(C(=O)N2CCC(c3ccnnc3)CC2)c1. The van der Waals surface area contributed by atoms with Crippen LogP contribution < -0.4 is 0 Å². The van der Waals surface area contributed by atoms with Crippen molar-refractivity contribution in [1.82, 2.24) is 15.1 Å². The first kappa shape index (κ1) is 16.3. The maximum atomic E-state index is 12.7. The minimum absolute atomic E-state index is 0.0252. The van der Waals surface area contributed by atoms with Crippen molar-refractivity contribution in [3.05, 3.63) is 52.8 Å². The van der Waals surface area contributed by atoms with Crippen molar-refractivity contribution in [3.63, 3.8) is 0 Å². The lowest BCUT2D eigenvalue weighted by Crippen LogP contribution is -2.38. The zero-order valence-corrected chi connectivity index (χ0v) is 14.5. The monoisotopic (exact) mass is 347 g/mol. The third-order valence-electron chi connectivity index (χ3n) is 4.26. The number of hydrogen-bond acceptors (Lipinski definition) is 4. The summed E-state index contributed by atoms with van der Waals surface area (Å²) in [6.45, 7) is 1.48. The van der Waals surface area contributed by atoms with Gasteiger partial charge >= 0.3 is 0 Å². The molecular weight excluding hydrogens is 330 g/mol. The largest absolute Gasteiger partial charge is 0.339 e. The van der Waals surface area contributed by atoms with E-state index in [1.807, 2.05) is 35.6 Å². The molecule has 1 aromatic heterocycles. The molecule has 6 heteroatoms. The van der Waals surface area contributed by atoms with Gasteiger partial charge in [0.1, 0.15) is 0 Å². The Hall–Kier alpha value is -1.59. The lowest BCUT2D eigenvalue weighted by atomic mass is 9.90. The molecule has 1 aliphatic rings. The van der Waals surface area contributed by atoms with E-state index in [1.165, 1.54) is 5.56 Å². The number of benzene rings is 1. The van der Waals surface area contributed by atoms with Crippen LogP contribution in [-0.4, -0.2) is 40.3 Å². The van der Waals surface area contributed by atoms with Crippen LogP contribution in [0.1, 0.15) is 34.7 Å². The summed E-state index contributed by atoms with van der Waals surface area (Å²) in [5.74, 6) is 0.472. The minimum Gasteiger partial charge on any atom is -0.339 e. The standard InChI is InChI=1S/C17H18ClN3OS/c1-23-14-2-3-16(18)15(10-14)17(22)21-8-5-12(6-9-21)13-4-7-19-20-11-13/h2-4,7,10-12H,5-6,8-9H2,1H3. The number of nitrogens with zero attached hydrogens (tertiary/aromatic N) is 3. The second-order valence-electron chi connectivity index (χ2n) is 5.59. The number of likely N-dealkylation sites (tertiary alicyclic amines) is 1. The molecule has 120 valence electrons. The first-order chi connectivity index (χ1) is 11.2. The van der Waals surface area contributed by atoms with Gasteiger partial charge in [0.2, 0.25) is 0 Å². The highest BCUT2D eigenvalue weighted by atomic mass is 35.5. The van der Waals surface area contributed by atoms with Crippen molar-refractivity contribution in [2.75, 3.05) is 19.3 Å². The van der Waals surface area contributed by atoms with Gasteiger partial charge in [-0.25, -0.2) is 0 Å². The maximum Gasteiger partial charge on any atom is 0.255 e. The van der Waals surface area contributed by atoms with E-state index in [0.29, 0.717) is 16.5 Å². The molecule has 1 saturated heterocycles. The molecule has 0 radical (unpaired) electrons. The molecule has 0 atom stereocenters. The molecule has 1 amide bonds. The van der Waals surface area contributed by atoms with Crippen molar-refractivity contribution < 1.29 is 4.79 Å². The van der Waals surface area contributed by atoms with Gasteiger partial charge in [-0.15, -0.1) is 11.8 Å². The third kappa shape index (κ3) is 3.67. The number of carbonyl (C=O) groups excluding carboxylic acids is 1. The van der Waals surface area contributed by atoms with Crippen LogP contribution in [0.2, 0.25) is 5.02 Å². The molecule has 1 fully saturated rings. The molecule has 4 nitrogen and oxygen atoms in total. The molecule has 0 aliphatic carbocycles. The summed E-state index contributed by atoms with van der Waals surface area (Å²) in [5, 5.41) is 8.28. The zero-order chi connectivity index (χ0) is 16.2. The topological polar surface area (TPSA) is 46.1 Å². The Balaban J connectivity index is 1.69. The maximum absolute atomic E-state index is 12.7. The summed E-state index contributed by atoms with van der Waals surface area (Å²) in [6, 6.07) is 7.63. The summed E-state index contributed by atoms with van der Waals surface area (Å²) >= 11 is 7.83. The van der Waals surface area contributed by atoms with Crippen LogP contribution >= 0.6 is 23.4 Å². The number of carbonyl (C=O) groups is 1. The predicted molar refractivity (Wildman–Crippen MR) is 93.1 cm³/mol. The highest BCUT2D eigenvalue weighted by Gasteiger charge is 2.26. The lowest BCUT2D eigenvalue weighted by Gasteiger charge is -2.32. The Morgan fingerprint density at radius 1 is 1.26 bits per heavy atom. The smallest absolute Gasteiger partial charge is 0.255 e. The van der Waals surface area contributed by atoms with Crippen LogP contribution in [0.5, 0.6) is 0 Å². The van der Waals surface area contributed by atoms with E-state index in [-0.39, 0.29) is 5.91 Å². The number of amides is 1. The predicted octanol–water partition coefficient (Wildman–Crippen LogP) is 3.87. The fraction of sp³-hybridized carbons (Fsp3) is 0.353. The van der Waals surface area contributed by atoms with Crippen molar-refractivity contribution in [3.8, 4) is 0 Å². The van der Waals surface area contributed by atoms with Crippen molar-refractivity contribution in [2.24, 2.45) is 0 Å². The summed E-state index contributed by atoms with van der Waals surface area (Å²) in [4.78, 5) is 15.7. The first-order valence-electron chi connectivity index (χ1n) is 7.58. The van der Waals surface area contributed by atoms with Crippen LogP contribution in [0, 0.1) is 0 Å². The summed E-state index contributed by atoms with van der Waals surface area (Å²) in [7, 11) is 0. The van der Waals surface area contributed by atoms with Gasteiger partial charge in [-0.05, 0) is 54.8 Å². The third-order valence-corrected chi connectivity index (χ3v) is 5.32. The van der Waals surface area contributed by atoms with Gasteiger partial charge in [0.15, 0.2) is 0 Å². The van der Waals surface area contributed by atoms with E-state index >= 15 is 0 Å². The molecule has 23 heavy (non-hydrogen) atoms. The summed E-state index contributed by atoms with van der Waals surface area (Å²) in [5.41, 5.74) is 1.80. The Labute approximate surface area is 145 Å². The van der Waals surface area contributed by atoms with E-state index in [9.17, 15) is 4.79 Å². The second kappa shape index (κ2) is 7.32. The van der Waals surface area contributed by atoms with E-state index in [0.717, 1.165) is 30.8 Å². The average molecular weight is 348 g/mol.